The van der Waals surface area contributed by atoms with Crippen LogP contribution in [0.4, 0.5) is 18.9 Å². The summed E-state index contributed by atoms with van der Waals surface area (Å²) in [5.74, 6) is 0. The van der Waals surface area contributed by atoms with Crippen LogP contribution in [0, 0.1) is 5.41 Å². The molecule has 0 amide bonds. The lowest BCUT2D eigenvalue weighted by Crippen LogP contribution is -2.58. The van der Waals surface area contributed by atoms with E-state index in [0.717, 1.165) is 18.6 Å². The van der Waals surface area contributed by atoms with Crippen molar-refractivity contribution in [3.63, 3.8) is 0 Å². The third-order valence-electron chi connectivity index (χ3n) is 4.17. The van der Waals surface area contributed by atoms with Crippen LogP contribution in [0.25, 0.3) is 0 Å². The van der Waals surface area contributed by atoms with E-state index in [9.17, 15) is 13.2 Å². The van der Waals surface area contributed by atoms with E-state index in [1.165, 1.54) is 6.07 Å². The van der Waals surface area contributed by atoms with Crippen molar-refractivity contribution in [2.24, 2.45) is 5.41 Å². The molecular weight excluding hydrogens is 303 g/mol. The van der Waals surface area contributed by atoms with Gasteiger partial charge in [-0.25, -0.2) is 0 Å². The lowest BCUT2D eigenvalue weighted by atomic mass is 9.64. The van der Waals surface area contributed by atoms with E-state index in [1.54, 1.807) is 0 Å². The van der Waals surface area contributed by atoms with E-state index in [0.29, 0.717) is 12.3 Å². The number of anilines is 1. The lowest BCUT2D eigenvalue weighted by molar-refractivity contribution is -0.137. The molecule has 2 atom stereocenters. The quantitative estimate of drug-likeness (QED) is 0.845. The van der Waals surface area contributed by atoms with Crippen molar-refractivity contribution >= 4 is 17.3 Å². The van der Waals surface area contributed by atoms with Gasteiger partial charge in [0.25, 0.3) is 0 Å². The molecule has 1 aliphatic rings. The van der Waals surface area contributed by atoms with Crippen molar-refractivity contribution in [2.75, 3.05) is 11.9 Å². The number of ether oxygens (including phenoxy) is 1. The van der Waals surface area contributed by atoms with Crippen molar-refractivity contribution < 1.29 is 17.9 Å². The van der Waals surface area contributed by atoms with Gasteiger partial charge in [-0.2, -0.15) is 13.2 Å². The first-order valence-electron chi connectivity index (χ1n) is 6.91. The van der Waals surface area contributed by atoms with Gasteiger partial charge in [0.2, 0.25) is 0 Å². The molecule has 21 heavy (non-hydrogen) atoms. The smallest absolute Gasteiger partial charge is 0.380 e. The summed E-state index contributed by atoms with van der Waals surface area (Å²) in [6.07, 6.45) is -3.40. The van der Waals surface area contributed by atoms with Crippen molar-refractivity contribution in [3.05, 3.63) is 28.8 Å². The molecule has 1 saturated carbocycles. The van der Waals surface area contributed by atoms with Gasteiger partial charge in [-0.15, -0.1) is 0 Å². The highest BCUT2D eigenvalue weighted by Gasteiger charge is 2.49. The third-order valence-corrected chi connectivity index (χ3v) is 4.48. The van der Waals surface area contributed by atoms with Crippen LogP contribution in [0.3, 0.4) is 0 Å². The van der Waals surface area contributed by atoms with Crippen molar-refractivity contribution in [2.45, 2.75) is 45.5 Å². The summed E-state index contributed by atoms with van der Waals surface area (Å²) < 4.78 is 43.4. The van der Waals surface area contributed by atoms with Gasteiger partial charge in [-0.1, -0.05) is 25.4 Å². The van der Waals surface area contributed by atoms with E-state index in [4.69, 9.17) is 16.3 Å². The van der Waals surface area contributed by atoms with Gasteiger partial charge < -0.3 is 10.1 Å². The monoisotopic (exact) mass is 321 g/mol. The minimum atomic E-state index is -4.38. The highest BCUT2D eigenvalue weighted by atomic mass is 35.5. The summed E-state index contributed by atoms with van der Waals surface area (Å²) in [4.78, 5) is 0. The van der Waals surface area contributed by atoms with Gasteiger partial charge in [-0.05, 0) is 31.5 Å². The van der Waals surface area contributed by atoms with Crippen LogP contribution in [-0.4, -0.2) is 18.8 Å². The number of hydrogen-bond donors (Lipinski definition) is 1. The van der Waals surface area contributed by atoms with Crippen LogP contribution in [0.15, 0.2) is 18.2 Å². The molecule has 0 aromatic heterocycles. The van der Waals surface area contributed by atoms with Crippen LogP contribution < -0.4 is 5.32 Å². The summed E-state index contributed by atoms with van der Waals surface area (Å²) in [6.45, 7) is 6.75. The van der Waals surface area contributed by atoms with Gasteiger partial charge in [0.05, 0.1) is 22.4 Å². The highest BCUT2D eigenvalue weighted by Crippen LogP contribution is 2.45. The fraction of sp³-hybridized carbons (Fsp3) is 0.600. The number of benzene rings is 1. The standard InChI is InChI=1S/C15H19ClF3NO/c1-4-21-13-8-12(14(13,2)3)20-11-6-5-9(7-10(11)16)15(17,18)19/h5-7,12-13,20H,4,8H2,1-3H3. The molecule has 0 heterocycles. The van der Waals surface area contributed by atoms with E-state index >= 15 is 0 Å². The first-order chi connectivity index (χ1) is 9.66. The number of rotatable bonds is 4. The Morgan fingerprint density at radius 1 is 1.38 bits per heavy atom. The molecule has 0 aliphatic heterocycles. The molecule has 118 valence electrons. The highest BCUT2D eigenvalue weighted by molar-refractivity contribution is 6.33. The van der Waals surface area contributed by atoms with Crippen molar-refractivity contribution in [1.82, 2.24) is 0 Å². The Balaban J connectivity index is 2.08. The Kier molecular flexibility index (Phi) is 4.45. The van der Waals surface area contributed by atoms with Gasteiger partial charge >= 0.3 is 6.18 Å². The SMILES string of the molecule is CCOC1CC(Nc2ccc(C(F)(F)F)cc2Cl)C1(C)C. The Morgan fingerprint density at radius 2 is 2.05 bits per heavy atom. The minimum absolute atomic E-state index is 0.0813. The molecule has 6 heteroatoms. The minimum Gasteiger partial charge on any atom is -0.380 e. The first-order valence-corrected chi connectivity index (χ1v) is 7.29. The fourth-order valence-electron chi connectivity index (χ4n) is 2.61. The molecule has 1 fully saturated rings. The maximum absolute atomic E-state index is 12.6. The molecule has 0 spiro atoms. The Bertz CT molecular complexity index is 516. The molecule has 0 saturated heterocycles. The molecule has 2 nitrogen and oxygen atoms in total. The van der Waals surface area contributed by atoms with Crippen LogP contribution in [0.5, 0.6) is 0 Å². The molecule has 2 unspecified atom stereocenters. The Hall–Kier alpha value is -0.940. The lowest BCUT2D eigenvalue weighted by Gasteiger charge is -2.52. The molecule has 1 N–H and O–H groups in total. The second kappa shape index (κ2) is 5.69. The molecule has 0 radical (unpaired) electrons. The fourth-order valence-corrected chi connectivity index (χ4v) is 2.85. The Morgan fingerprint density at radius 3 is 2.52 bits per heavy atom. The molecular formula is C15H19ClF3NO. The third kappa shape index (κ3) is 3.29. The summed E-state index contributed by atoms with van der Waals surface area (Å²) in [6, 6.07) is 3.51. The molecule has 0 bridgehead atoms. The normalized spacial score (nSPS) is 24.5. The van der Waals surface area contributed by atoms with Crippen LogP contribution in [0.2, 0.25) is 5.02 Å². The van der Waals surface area contributed by atoms with Gasteiger partial charge in [0.1, 0.15) is 0 Å². The molecule has 1 aliphatic carbocycles. The summed E-state index contributed by atoms with van der Waals surface area (Å²) >= 11 is 5.96. The van der Waals surface area contributed by atoms with E-state index in [-0.39, 0.29) is 22.6 Å². The Labute approximate surface area is 127 Å². The predicted molar refractivity (Wildman–Crippen MR) is 77.7 cm³/mol. The van der Waals surface area contributed by atoms with Gasteiger partial charge in [0.15, 0.2) is 0 Å². The number of halogens is 4. The zero-order valence-corrected chi connectivity index (χ0v) is 13.0. The molecule has 1 aromatic carbocycles. The topological polar surface area (TPSA) is 21.3 Å². The van der Waals surface area contributed by atoms with Gasteiger partial charge in [0, 0.05) is 18.1 Å². The van der Waals surface area contributed by atoms with E-state index in [2.05, 4.69) is 19.2 Å². The maximum atomic E-state index is 12.6. The molecule has 2 rings (SSSR count). The summed E-state index contributed by atoms with van der Waals surface area (Å²) in [5.41, 5.74) is -0.294. The van der Waals surface area contributed by atoms with E-state index in [1.807, 2.05) is 6.92 Å². The van der Waals surface area contributed by atoms with Crippen LogP contribution in [-0.2, 0) is 10.9 Å². The zero-order chi connectivity index (χ0) is 15.8. The van der Waals surface area contributed by atoms with Crippen LogP contribution >= 0.6 is 11.6 Å². The average molecular weight is 322 g/mol. The average Bonchev–Trinajstić information content (AvgIpc) is 2.38. The number of alkyl halides is 3. The summed E-state index contributed by atoms with van der Waals surface area (Å²) in [7, 11) is 0. The maximum Gasteiger partial charge on any atom is 0.416 e. The van der Waals surface area contributed by atoms with Gasteiger partial charge in [-0.3, -0.25) is 0 Å². The number of hydrogen-bond acceptors (Lipinski definition) is 2. The second-order valence-corrected chi connectivity index (χ2v) is 6.30. The second-order valence-electron chi connectivity index (χ2n) is 5.89. The molecule has 1 aromatic rings. The van der Waals surface area contributed by atoms with Crippen molar-refractivity contribution in [3.8, 4) is 0 Å². The number of nitrogens with one attached hydrogen (secondary N) is 1. The first kappa shape index (κ1) is 16.4. The summed E-state index contributed by atoms with van der Waals surface area (Å²) in [5, 5.41) is 3.31. The largest absolute Gasteiger partial charge is 0.416 e. The zero-order valence-electron chi connectivity index (χ0n) is 12.2. The van der Waals surface area contributed by atoms with E-state index < -0.39 is 11.7 Å². The van der Waals surface area contributed by atoms with Crippen LogP contribution in [0.1, 0.15) is 32.8 Å². The predicted octanol–water partition coefficient (Wildman–Crippen LogP) is 4.97. The van der Waals surface area contributed by atoms with Crippen molar-refractivity contribution in [1.29, 1.82) is 0 Å².